The molecule has 5 heteroatoms. The summed E-state index contributed by atoms with van der Waals surface area (Å²) >= 11 is 0. The van der Waals surface area contributed by atoms with Crippen LogP contribution in [-0.2, 0) is 4.79 Å². The average Bonchev–Trinajstić information content (AvgIpc) is 2.56. The highest BCUT2D eigenvalue weighted by Crippen LogP contribution is 2.34. The molecular weight excluding hydrogens is 294 g/mol. The molecule has 1 aliphatic rings. The van der Waals surface area contributed by atoms with Crippen molar-refractivity contribution in [1.82, 2.24) is 0 Å². The number of benzene rings is 2. The van der Waals surface area contributed by atoms with Crippen LogP contribution in [0.15, 0.2) is 48.5 Å². The summed E-state index contributed by atoms with van der Waals surface area (Å²) in [4.78, 5) is 12.6. The number of nitrogens with one attached hydrogen (secondary N) is 1. The molecule has 0 radical (unpaired) electrons. The van der Waals surface area contributed by atoms with Gasteiger partial charge in [0.05, 0.1) is 12.3 Å². The van der Waals surface area contributed by atoms with Crippen LogP contribution in [0.4, 0.5) is 5.69 Å². The normalized spacial score (nSPS) is 19.0. The molecule has 5 nitrogen and oxygen atoms in total. The van der Waals surface area contributed by atoms with E-state index in [0.717, 1.165) is 0 Å². The number of carbonyl (C=O) groups is 1. The Kier molecular flexibility index (Phi) is 4.37. The molecule has 0 saturated carbocycles. The number of amides is 1. The van der Waals surface area contributed by atoms with Crippen LogP contribution >= 0.6 is 0 Å². The van der Waals surface area contributed by atoms with Gasteiger partial charge in [0.15, 0.2) is 11.5 Å². The minimum Gasteiger partial charge on any atom is -0.492 e. The van der Waals surface area contributed by atoms with E-state index < -0.39 is 6.10 Å². The molecule has 0 fully saturated rings. The quantitative estimate of drug-likeness (QED) is 0.941. The minimum atomic E-state index is -0.723. The molecule has 1 N–H and O–H groups in total. The number of hydrogen-bond donors (Lipinski definition) is 1. The Balaban J connectivity index is 1.76. The van der Waals surface area contributed by atoms with Crippen LogP contribution in [0, 0.1) is 0 Å². The van der Waals surface area contributed by atoms with Gasteiger partial charge in [-0.3, -0.25) is 4.79 Å². The fourth-order valence-corrected chi connectivity index (χ4v) is 2.46. The predicted molar refractivity (Wildman–Crippen MR) is 87.2 cm³/mol. The van der Waals surface area contributed by atoms with Gasteiger partial charge < -0.3 is 19.5 Å². The third-order valence-corrected chi connectivity index (χ3v) is 3.55. The lowest BCUT2D eigenvalue weighted by atomic mass is 10.1. The van der Waals surface area contributed by atoms with E-state index in [1.54, 1.807) is 12.1 Å². The van der Waals surface area contributed by atoms with Crippen molar-refractivity contribution in [3.8, 4) is 17.2 Å². The summed E-state index contributed by atoms with van der Waals surface area (Å²) in [6.45, 7) is 4.24. The van der Waals surface area contributed by atoms with Gasteiger partial charge in [0.2, 0.25) is 6.10 Å². The number of para-hydroxylation sites is 4. The molecule has 0 saturated heterocycles. The Labute approximate surface area is 135 Å². The summed E-state index contributed by atoms with van der Waals surface area (Å²) in [6.07, 6.45) is -1.11. The summed E-state index contributed by atoms with van der Waals surface area (Å²) in [6, 6.07) is 14.6. The van der Waals surface area contributed by atoms with Crippen molar-refractivity contribution in [3.63, 3.8) is 0 Å². The second-order valence-electron chi connectivity index (χ2n) is 5.23. The molecule has 0 bridgehead atoms. The lowest BCUT2D eigenvalue weighted by molar-refractivity contribution is -0.128. The van der Waals surface area contributed by atoms with Crippen molar-refractivity contribution in [3.05, 3.63) is 48.5 Å². The number of ether oxygens (including phenoxy) is 3. The van der Waals surface area contributed by atoms with E-state index in [2.05, 4.69) is 5.32 Å². The molecule has 2 aromatic rings. The maximum Gasteiger partial charge on any atom is 0.269 e. The Morgan fingerprint density at radius 1 is 1.09 bits per heavy atom. The van der Waals surface area contributed by atoms with Crippen LogP contribution in [0.25, 0.3) is 0 Å². The fraction of sp³-hybridized carbons (Fsp3) is 0.278. The Morgan fingerprint density at radius 2 is 1.74 bits per heavy atom. The molecule has 0 aliphatic carbocycles. The summed E-state index contributed by atoms with van der Waals surface area (Å²) in [5, 5.41) is 2.86. The van der Waals surface area contributed by atoms with Crippen molar-refractivity contribution in [2.75, 3.05) is 11.9 Å². The predicted octanol–water partition coefficient (Wildman–Crippen LogP) is 3.25. The highest BCUT2D eigenvalue weighted by molar-refractivity contribution is 5.96. The SMILES string of the molecule is CCOc1ccccc1NC(=O)[C@H]1Oc2ccccc2O[C@H]1C. The molecule has 2 aromatic carbocycles. The number of rotatable bonds is 4. The molecule has 2 atom stereocenters. The van der Waals surface area contributed by atoms with E-state index in [4.69, 9.17) is 14.2 Å². The van der Waals surface area contributed by atoms with Crippen LogP contribution in [0.3, 0.4) is 0 Å². The molecule has 1 amide bonds. The molecule has 0 aromatic heterocycles. The van der Waals surface area contributed by atoms with Crippen molar-refractivity contribution in [1.29, 1.82) is 0 Å². The summed E-state index contributed by atoms with van der Waals surface area (Å²) in [5.41, 5.74) is 0.619. The third kappa shape index (κ3) is 3.23. The monoisotopic (exact) mass is 313 g/mol. The standard InChI is InChI=1S/C18H19NO4/c1-3-21-14-9-5-4-8-13(14)19-18(20)17-12(2)22-15-10-6-7-11-16(15)23-17/h4-12,17H,3H2,1-2H3,(H,19,20)/t12-,17-/m0/s1. The first-order valence-corrected chi connectivity index (χ1v) is 7.64. The number of carbonyl (C=O) groups excluding carboxylic acids is 1. The van der Waals surface area contributed by atoms with Crippen molar-refractivity contribution in [2.24, 2.45) is 0 Å². The third-order valence-electron chi connectivity index (χ3n) is 3.55. The summed E-state index contributed by atoms with van der Waals surface area (Å²) in [5.74, 6) is 1.59. The van der Waals surface area contributed by atoms with Crippen molar-refractivity contribution < 1.29 is 19.0 Å². The Bertz CT molecular complexity index is 701. The topological polar surface area (TPSA) is 56.8 Å². The maximum atomic E-state index is 12.6. The van der Waals surface area contributed by atoms with Gasteiger partial charge in [-0.15, -0.1) is 0 Å². The summed E-state index contributed by atoms with van der Waals surface area (Å²) < 4.78 is 17.1. The molecule has 23 heavy (non-hydrogen) atoms. The first kappa shape index (κ1) is 15.2. The van der Waals surface area contributed by atoms with Crippen molar-refractivity contribution in [2.45, 2.75) is 26.1 Å². The Morgan fingerprint density at radius 3 is 2.48 bits per heavy atom. The van der Waals surface area contributed by atoms with Gasteiger partial charge in [-0.25, -0.2) is 0 Å². The van der Waals surface area contributed by atoms with Crippen LogP contribution in [0.1, 0.15) is 13.8 Å². The highest BCUT2D eigenvalue weighted by Gasteiger charge is 2.34. The van der Waals surface area contributed by atoms with Crippen molar-refractivity contribution >= 4 is 11.6 Å². The van der Waals surface area contributed by atoms with E-state index in [-0.39, 0.29) is 12.0 Å². The molecule has 0 unspecified atom stereocenters. The van der Waals surface area contributed by atoms with Crippen LogP contribution in [-0.4, -0.2) is 24.7 Å². The number of anilines is 1. The highest BCUT2D eigenvalue weighted by atomic mass is 16.6. The Hall–Kier alpha value is -2.69. The second kappa shape index (κ2) is 6.60. The first-order valence-electron chi connectivity index (χ1n) is 7.64. The average molecular weight is 313 g/mol. The van der Waals surface area contributed by atoms with Gasteiger partial charge in [-0.2, -0.15) is 0 Å². The number of hydrogen-bond acceptors (Lipinski definition) is 4. The lowest BCUT2D eigenvalue weighted by Gasteiger charge is -2.31. The van der Waals surface area contributed by atoms with E-state index in [1.807, 2.05) is 50.2 Å². The van der Waals surface area contributed by atoms with Gasteiger partial charge in [0.25, 0.3) is 5.91 Å². The summed E-state index contributed by atoms with van der Waals surface area (Å²) in [7, 11) is 0. The van der Waals surface area contributed by atoms with Crippen LogP contribution in [0.5, 0.6) is 17.2 Å². The van der Waals surface area contributed by atoms with Crippen LogP contribution in [0.2, 0.25) is 0 Å². The van der Waals surface area contributed by atoms with Crippen LogP contribution < -0.4 is 19.5 Å². The zero-order valence-corrected chi connectivity index (χ0v) is 13.1. The lowest BCUT2D eigenvalue weighted by Crippen LogP contribution is -2.46. The second-order valence-corrected chi connectivity index (χ2v) is 5.23. The molecule has 1 heterocycles. The molecule has 3 rings (SSSR count). The zero-order chi connectivity index (χ0) is 16.2. The zero-order valence-electron chi connectivity index (χ0n) is 13.1. The molecule has 0 spiro atoms. The van der Waals surface area contributed by atoms with Gasteiger partial charge in [-0.1, -0.05) is 24.3 Å². The maximum absolute atomic E-state index is 12.6. The fourth-order valence-electron chi connectivity index (χ4n) is 2.46. The largest absolute Gasteiger partial charge is 0.492 e. The van der Waals surface area contributed by atoms with E-state index in [0.29, 0.717) is 29.5 Å². The molecule has 1 aliphatic heterocycles. The van der Waals surface area contributed by atoms with E-state index in [9.17, 15) is 4.79 Å². The van der Waals surface area contributed by atoms with Gasteiger partial charge in [-0.05, 0) is 38.1 Å². The molecule has 120 valence electrons. The smallest absolute Gasteiger partial charge is 0.269 e. The number of fused-ring (bicyclic) bond motifs is 1. The van der Waals surface area contributed by atoms with E-state index >= 15 is 0 Å². The minimum absolute atomic E-state index is 0.265. The van der Waals surface area contributed by atoms with Gasteiger partial charge in [0.1, 0.15) is 11.9 Å². The first-order chi connectivity index (χ1) is 11.2. The molecular formula is C18H19NO4. The van der Waals surface area contributed by atoms with Gasteiger partial charge in [0, 0.05) is 0 Å². The van der Waals surface area contributed by atoms with E-state index in [1.165, 1.54) is 0 Å². The van der Waals surface area contributed by atoms with Gasteiger partial charge >= 0.3 is 0 Å².